The fraction of sp³-hybridized carbons (Fsp3) is 0.500. The number of hydrogen-bond donors (Lipinski definition) is 0. The van der Waals surface area contributed by atoms with Crippen molar-refractivity contribution in [2.45, 2.75) is 38.0 Å². The van der Waals surface area contributed by atoms with E-state index in [4.69, 9.17) is 0 Å². The molecule has 3 rings (SSSR count). The van der Waals surface area contributed by atoms with Gasteiger partial charge in [-0.05, 0) is 18.9 Å². The van der Waals surface area contributed by atoms with Crippen LogP contribution in [-0.4, -0.2) is 14.6 Å². The zero-order chi connectivity index (χ0) is 10.1. The Morgan fingerprint density at radius 3 is 2.80 bits per heavy atom. The Kier molecular flexibility index (Phi) is 2.16. The summed E-state index contributed by atoms with van der Waals surface area (Å²) in [6, 6.07) is 4.09. The molecule has 1 saturated carbocycles. The largest absolute Gasteiger partial charge is 0.237 e. The molecule has 1 aliphatic rings. The van der Waals surface area contributed by atoms with Crippen molar-refractivity contribution in [3.63, 3.8) is 0 Å². The van der Waals surface area contributed by atoms with Crippen molar-refractivity contribution in [3.05, 3.63) is 30.2 Å². The van der Waals surface area contributed by atoms with Crippen LogP contribution in [0.15, 0.2) is 24.5 Å². The van der Waals surface area contributed by atoms with Crippen LogP contribution in [0.25, 0.3) is 5.65 Å². The van der Waals surface area contributed by atoms with Crippen LogP contribution in [-0.2, 0) is 0 Å². The van der Waals surface area contributed by atoms with Gasteiger partial charge in [0.25, 0.3) is 0 Å². The molecule has 0 atom stereocenters. The molecule has 78 valence electrons. The Morgan fingerprint density at radius 2 is 1.93 bits per heavy atom. The molecule has 0 spiro atoms. The Balaban J connectivity index is 2.05. The van der Waals surface area contributed by atoms with E-state index < -0.39 is 0 Å². The van der Waals surface area contributed by atoms with E-state index >= 15 is 0 Å². The van der Waals surface area contributed by atoms with Crippen LogP contribution in [0.2, 0.25) is 0 Å². The lowest BCUT2D eigenvalue weighted by atomic mass is 9.87. The molecule has 3 nitrogen and oxygen atoms in total. The minimum Gasteiger partial charge on any atom is -0.237 e. The van der Waals surface area contributed by atoms with Crippen molar-refractivity contribution < 1.29 is 0 Å². The Labute approximate surface area is 89.1 Å². The van der Waals surface area contributed by atoms with Crippen molar-refractivity contribution in [3.8, 4) is 0 Å². The van der Waals surface area contributed by atoms with Crippen LogP contribution >= 0.6 is 0 Å². The number of aromatic nitrogens is 3. The zero-order valence-corrected chi connectivity index (χ0v) is 8.76. The third kappa shape index (κ3) is 1.52. The molecule has 0 aromatic carbocycles. The highest BCUT2D eigenvalue weighted by molar-refractivity contribution is 5.37. The standard InChI is InChI=1S/C12H15N3/c1-2-4-10(5-3-1)11-6-8-13-12-7-9-14-15(11)12/h6-10H,1-5H2. The number of nitrogens with zero attached hydrogens (tertiary/aromatic N) is 3. The maximum atomic E-state index is 4.35. The Morgan fingerprint density at radius 1 is 1.07 bits per heavy atom. The lowest BCUT2D eigenvalue weighted by Crippen LogP contribution is -2.10. The van der Waals surface area contributed by atoms with Gasteiger partial charge in [-0.1, -0.05) is 19.3 Å². The van der Waals surface area contributed by atoms with Crippen LogP contribution in [0.3, 0.4) is 0 Å². The normalized spacial score (nSPS) is 18.4. The van der Waals surface area contributed by atoms with Gasteiger partial charge >= 0.3 is 0 Å². The van der Waals surface area contributed by atoms with Gasteiger partial charge in [-0.2, -0.15) is 5.10 Å². The van der Waals surface area contributed by atoms with Gasteiger partial charge in [0.05, 0.1) is 6.20 Å². The van der Waals surface area contributed by atoms with E-state index in [1.807, 2.05) is 23.0 Å². The van der Waals surface area contributed by atoms with Gasteiger partial charge in [0.2, 0.25) is 0 Å². The van der Waals surface area contributed by atoms with E-state index in [0.29, 0.717) is 5.92 Å². The van der Waals surface area contributed by atoms with Gasteiger partial charge in [0, 0.05) is 23.9 Å². The molecule has 1 fully saturated rings. The molecule has 0 aliphatic heterocycles. The monoisotopic (exact) mass is 201 g/mol. The summed E-state index contributed by atoms with van der Waals surface area (Å²) in [6.45, 7) is 0. The second-order valence-electron chi connectivity index (χ2n) is 4.31. The fourth-order valence-electron chi connectivity index (χ4n) is 2.56. The molecule has 0 N–H and O–H groups in total. The molecule has 0 unspecified atom stereocenters. The number of hydrogen-bond acceptors (Lipinski definition) is 2. The molecule has 2 aromatic rings. The minimum absolute atomic E-state index is 0.684. The van der Waals surface area contributed by atoms with E-state index in [-0.39, 0.29) is 0 Å². The first-order valence-corrected chi connectivity index (χ1v) is 5.74. The summed E-state index contributed by atoms with van der Waals surface area (Å²) in [4.78, 5) is 4.30. The highest BCUT2D eigenvalue weighted by Gasteiger charge is 2.18. The smallest absolute Gasteiger partial charge is 0.155 e. The maximum Gasteiger partial charge on any atom is 0.155 e. The third-order valence-electron chi connectivity index (χ3n) is 3.34. The van der Waals surface area contributed by atoms with E-state index in [1.165, 1.54) is 37.8 Å². The van der Waals surface area contributed by atoms with Gasteiger partial charge in [0.15, 0.2) is 5.65 Å². The van der Waals surface area contributed by atoms with E-state index in [0.717, 1.165) is 5.65 Å². The average molecular weight is 201 g/mol. The fourth-order valence-corrected chi connectivity index (χ4v) is 2.56. The highest BCUT2D eigenvalue weighted by atomic mass is 15.2. The summed E-state index contributed by atoms with van der Waals surface area (Å²) in [5.74, 6) is 0.684. The highest BCUT2D eigenvalue weighted by Crippen LogP contribution is 2.32. The van der Waals surface area contributed by atoms with Crippen molar-refractivity contribution in [1.82, 2.24) is 14.6 Å². The summed E-state index contributed by atoms with van der Waals surface area (Å²) in [6.07, 6.45) is 10.4. The van der Waals surface area contributed by atoms with Crippen molar-refractivity contribution in [2.75, 3.05) is 0 Å². The van der Waals surface area contributed by atoms with E-state index in [2.05, 4.69) is 16.1 Å². The minimum atomic E-state index is 0.684. The average Bonchev–Trinajstić information content (AvgIpc) is 2.78. The lowest BCUT2D eigenvalue weighted by Gasteiger charge is -2.22. The zero-order valence-electron chi connectivity index (χ0n) is 8.76. The van der Waals surface area contributed by atoms with Crippen LogP contribution in [0.5, 0.6) is 0 Å². The van der Waals surface area contributed by atoms with E-state index in [1.54, 1.807) is 0 Å². The first kappa shape index (κ1) is 8.89. The van der Waals surface area contributed by atoms with E-state index in [9.17, 15) is 0 Å². The Hall–Kier alpha value is -1.38. The number of rotatable bonds is 1. The Bertz CT molecular complexity index is 455. The second kappa shape index (κ2) is 3.65. The van der Waals surface area contributed by atoms with Gasteiger partial charge in [-0.25, -0.2) is 9.50 Å². The summed E-state index contributed by atoms with van der Waals surface area (Å²) in [5.41, 5.74) is 2.31. The molecule has 1 aliphatic carbocycles. The molecule has 0 bridgehead atoms. The lowest BCUT2D eigenvalue weighted by molar-refractivity contribution is 0.430. The molecule has 3 heteroatoms. The molecular weight excluding hydrogens is 186 g/mol. The molecule has 2 aromatic heterocycles. The number of fused-ring (bicyclic) bond motifs is 1. The van der Waals surface area contributed by atoms with Gasteiger partial charge < -0.3 is 0 Å². The summed E-state index contributed by atoms with van der Waals surface area (Å²) in [5, 5.41) is 4.35. The van der Waals surface area contributed by atoms with Crippen molar-refractivity contribution in [2.24, 2.45) is 0 Å². The SMILES string of the molecule is c1cc(C2CCCCC2)n2nccc2n1. The second-order valence-corrected chi connectivity index (χ2v) is 4.31. The van der Waals surface area contributed by atoms with Crippen molar-refractivity contribution in [1.29, 1.82) is 0 Å². The van der Waals surface area contributed by atoms with Crippen LogP contribution in [0.4, 0.5) is 0 Å². The summed E-state index contributed by atoms with van der Waals surface area (Å²) >= 11 is 0. The molecule has 2 heterocycles. The molecule has 15 heavy (non-hydrogen) atoms. The van der Waals surface area contributed by atoms with Crippen LogP contribution in [0, 0.1) is 0 Å². The molecule has 0 radical (unpaired) electrons. The quantitative estimate of drug-likeness (QED) is 0.710. The molecule has 0 saturated heterocycles. The molecule has 0 amide bonds. The molecular formula is C12H15N3. The van der Waals surface area contributed by atoms with Crippen LogP contribution in [0.1, 0.15) is 43.7 Å². The third-order valence-corrected chi connectivity index (χ3v) is 3.34. The topological polar surface area (TPSA) is 30.2 Å². The van der Waals surface area contributed by atoms with Gasteiger partial charge in [0.1, 0.15) is 0 Å². The van der Waals surface area contributed by atoms with Crippen LogP contribution < -0.4 is 0 Å². The van der Waals surface area contributed by atoms with Gasteiger partial charge in [-0.15, -0.1) is 0 Å². The predicted molar refractivity (Wildman–Crippen MR) is 58.8 cm³/mol. The maximum absolute atomic E-state index is 4.35. The first-order chi connectivity index (χ1) is 7.45. The first-order valence-electron chi connectivity index (χ1n) is 5.74. The van der Waals surface area contributed by atoms with Crippen molar-refractivity contribution >= 4 is 5.65 Å². The van der Waals surface area contributed by atoms with Gasteiger partial charge in [-0.3, -0.25) is 0 Å². The summed E-state index contributed by atoms with van der Waals surface area (Å²) in [7, 11) is 0. The predicted octanol–water partition coefficient (Wildman–Crippen LogP) is 2.78. The summed E-state index contributed by atoms with van der Waals surface area (Å²) < 4.78 is 2.00.